The van der Waals surface area contributed by atoms with E-state index in [1.54, 1.807) is 12.1 Å². The summed E-state index contributed by atoms with van der Waals surface area (Å²) in [6, 6.07) is 3.55. The van der Waals surface area contributed by atoms with Gasteiger partial charge in [0.1, 0.15) is 0 Å². The number of ether oxygens (including phenoxy) is 1. The first kappa shape index (κ1) is 14.3. The molecular weight excluding hydrogens is 232 g/mol. The number of hydrogen-bond donors (Lipinski definition) is 1. The number of nitrogens with one attached hydrogen (secondary N) is 1. The average Bonchev–Trinajstić information content (AvgIpc) is 2.82. The minimum Gasteiger partial charge on any atom is -0.465 e. The first-order valence-electron chi connectivity index (χ1n) is 6.10. The Kier molecular flexibility index (Phi) is 5.42. The molecule has 1 amide bonds. The third kappa shape index (κ3) is 4.24. The fraction of sp³-hybridized carbons (Fsp3) is 0.538. The molecule has 0 saturated carbocycles. The Morgan fingerprint density at radius 1 is 1.50 bits per heavy atom. The van der Waals surface area contributed by atoms with E-state index in [2.05, 4.69) is 24.2 Å². The highest BCUT2D eigenvalue weighted by Crippen LogP contribution is 2.06. The van der Waals surface area contributed by atoms with Gasteiger partial charge in [0.15, 0.2) is 5.76 Å². The zero-order valence-electron chi connectivity index (χ0n) is 11.3. The highest BCUT2D eigenvalue weighted by atomic mass is 16.5. The van der Waals surface area contributed by atoms with Crippen molar-refractivity contribution in [2.24, 2.45) is 10.9 Å². The lowest BCUT2D eigenvalue weighted by atomic mass is 10.1. The van der Waals surface area contributed by atoms with Crippen LogP contribution in [0.15, 0.2) is 27.8 Å². The Morgan fingerprint density at radius 3 is 2.72 bits per heavy atom. The van der Waals surface area contributed by atoms with Crippen LogP contribution < -0.4 is 5.32 Å². The number of carbonyl (C=O) groups is 1. The highest BCUT2D eigenvalue weighted by Gasteiger charge is 2.14. The van der Waals surface area contributed by atoms with Crippen LogP contribution in [0.5, 0.6) is 0 Å². The van der Waals surface area contributed by atoms with Crippen molar-refractivity contribution in [2.45, 2.75) is 33.7 Å². The maximum atomic E-state index is 11.8. The molecular formula is C13H20N2O3. The van der Waals surface area contributed by atoms with E-state index in [1.165, 1.54) is 6.26 Å². The van der Waals surface area contributed by atoms with Crippen LogP contribution in [-0.4, -0.2) is 24.6 Å². The number of aliphatic imine (C=N–C) groups is 1. The van der Waals surface area contributed by atoms with Gasteiger partial charge in [0.05, 0.1) is 18.9 Å². The largest absolute Gasteiger partial charge is 0.465 e. The van der Waals surface area contributed by atoms with E-state index in [0.29, 0.717) is 12.5 Å². The number of amidine groups is 1. The van der Waals surface area contributed by atoms with E-state index in [1.807, 2.05) is 13.8 Å². The first-order valence-corrected chi connectivity index (χ1v) is 6.10. The number of rotatable bonds is 4. The summed E-state index contributed by atoms with van der Waals surface area (Å²) in [5.74, 6) is 0.253. The molecule has 1 rings (SSSR count). The molecule has 100 valence electrons. The SMILES string of the molecule is CCOC(=N[C@@H](C)C(C)C)NC(=O)c1ccco1. The van der Waals surface area contributed by atoms with Crippen LogP contribution >= 0.6 is 0 Å². The second-order valence-electron chi connectivity index (χ2n) is 4.28. The molecule has 1 atom stereocenters. The van der Waals surface area contributed by atoms with Gasteiger partial charge in [0.25, 0.3) is 11.9 Å². The topological polar surface area (TPSA) is 63.8 Å². The maximum absolute atomic E-state index is 11.8. The van der Waals surface area contributed by atoms with Crippen molar-refractivity contribution in [3.05, 3.63) is 24.2 Å². The van der Waals surface area contributed by atoms with Crippen LogP contribution in [0, 0.1) is 5.92 Å². The molecule has 0 aromatic carbocycles. The smallest absolute Gasteiger partial charge is 0.294 e. The number of furan rings is 1. The number of nitrogens with zero attached hydrogens (tertiary/aromatic N) is 1. The molecule has 1 N–H and O–H groups in total. The Bertz CT molecular complexity index is 396. The molecule has 18 heavy (non-hydrogen) atoms. The van der Waals surface area contributed by atoms with E-state index < -0.39 is 0 Å². The average molecular weight is 252 g/mol. The lowest BCUT2D eigenvalue weighted by Crippen LogP contribution is -2.33. The van der Waals surface area contributed by atoms with Crippen molar-refractivity contribution in [1.82, 2.24) is 5.32 Å². The van der Waals surface area contributed by atoms with Gasteiger partial charge in [0.2, 0.25) is 0 Å². The van der Waals surface area contributed by atoms with Crippen molar-refractivity contribution >= 4 is 11.9 Å². The summed E-state index contributed by atoms with van der Waals surface area (Å²) in [6.45, 7) is 8.39. The van der Waals surface area contributed by atoms with Gasteiger partial charge in [-0.05, 0) is 31.9 Å². The van der Waals surface area contributed by atoms with Crippen molar-refractivity contribution in [3.63, 3.8) is 0 Å². The summed E-state index contributed by atoms with van der Waals surface area (Å²) >= 11 is 0. The van der Waals surface area contributed by atoms with E-state index in [4.69, 9.17) is 9.15 Å². The fourth-order valence-electron chi connectivity index (χ4n) is 1.14. The summed E-state index contributed by atoms with van der Waals surface area (Å²) in [7, 11) is 0. The molecule has 0 unspecified atom stereocenters. The molecule has 1 heterocycles. The summed E-state index contributed by atoms with van der Waals surface area (Å²) < 4.78 is 10.3. The fourth-order valence-corrected chi connectivity index (χ4v) is 1.14. The normalized spacial score (nSPS) is 13.5. The Hall–Kier alpha value is -1.78. The van der Waals surface area contributed by atoms with E-state index in [0.717, 1.165) is 0 Å². The van der Waals surface area contributed by atoms with Crippen molar-refractivity contribution in [2.75, 3.05) is 6.61 Å². The molecule has 0 radical (unpaired) electrons. The number of hydrogen-bond acceptors (Lipinski definition) is 4. The molecule has 5 nitrogen and oxygen atoms in total. The summed E-state index contributed by atoms with van der Waals surface area (Å²) in [4.78, 5) is 16.1. The lowest BCUT2D eigenvalue weighted by molar-refractivity contribution is 0.0938. The minimum atomic E-state index is -0.358. The van der Waals surface area contributed by atoms with Gasteiger partial charge in [-0.15, -0.1) is 0 Å². The zero-order chi connectivity index (χ0) is 13.5. The van der Waals surface area contributed by atoms with Crippen LogP contribution in [0.3, 0.4) is 0 Å². The van der Waals surface area contributed by atoms with Crippen LogP contribution in [0.1, 0.15) is 38.2 Å². The van der Waals surface area contributed by atoms with Crippen LogP contribution in [0.2, 0.25) is 0 Å². The Balaban J connectivity index is 2.71. The van der Waals surface area contributed by atoms with E-state index in [9.17, 15) is 4.79 Å². The highest BCUT2D eigenvalue weighted by molar-refractivity contribution is 6.02. The van der Waals surface area contributed by atoms with Gasteiger partial charge in [0, 0.05) is 0 Å². The second-order valence-corrected chi connectivity index (χ2v) is 4.28. The van der Waals surface area contributed by atoms with Gasteiger partial charge in [-0.2, -0.15) is 0 Å². The first-order chi connectivity index (χ1) is 8.54. The van der Waals surface area contributed by atoms with Gasteiger partial charge in [-0.1, -0.05) is 13.8 Å². The predicted octanol–water partition coefficient (Wildman–Crippen LogP) is 2.45. The zero-order valence-corrected chi connectivity index (χ0v) is 11.3. The van der Waals surface area contributed by atoms with Gasteiger partial charge in [-0.3, -0.25) is 10.1 Å². The quantitative estimate of drug-likeness (QED) is 0.661. The lowest BCUT2D eigenvalue weighted by Gasteiger charge is -2.14. The molecule has 1 aromatic rings. The van der Waals surface area contributed by atoms with Crippen LogP contribution in [0.25, 0.3) is 0 Å². The monoisotopic (exact) mass is 252 g/mol. The van der Waals surface area contributed by atoms with Crippen molar-refractivity contribution in [1.29, 1.82) is 0 Å². The molecule has 0 aliphatic carbocycles. The van der Waals surface area contributed by atoms with E-state index >= 15 is 0 Å². The molecule has 0 saturated heterocycles. The molecule has 5 heteroatoms. The van der Waals surface area contributed by atoms with Gasteiger partial charge >= 0.3 is 0 Å². The summed E-state index contributed by atoms with van der Waals surface area (Å²) in [6.07, 6.45) is 1.45. The third-order valence-corrected chi connectivity index (χ3v) is 2.53. The Morgan fingerprint density at radius 2 is 2.22 bits per heavy atom. The van der Waals surface area contributed by atoms with Crippen LogP contribution in [-0.2, 0) is 4.74 Å². The second kappa shape index (κ2) is 6.83. The molecule has 0 fully saturated rings. The number of carbonyl (C=O) groups excluding carboxylic acids is 1. The minimum absolute atomic E-state index is 0.0726. The van der Waals surface area contributed by atoms with Crippen molar-refractivity contribution in [3.8, 4) is 0 Å². The Labute approximate surface area is 107 Å². The van der Waals surface area contributed by atoms with Crippen molar-refractivity contribution < 1.29 is 13.9 Å². The van der Waals surface area contributed by atoms with Crippen LogP contribution in [0.4, 0.5) is 0 Å². The standard InChI is InChI=1S/C13H20N2O3/c1-5-17-13(14-10(4)9(2)3)15-12(16)11-7-6-8-18-11/h6-10H,5H2,1-4H3,(H,14,15,16)/t10-/m0/s1. The summed E-state index contributed by atoms with van der Waals surface area (Å²) in [5.41, 5.74) is 0. The van der Waals surface area contributed by atoms with Gasteiger partial charge < -0.3 is 9.15 Å². The molecule has 0 bridgehead atoms. The third-order valence-electron chi connectivity index (χ3n) is 2.53. The molecule has 1 aromatic heterocycles. The molecule has 0 aliphatic rings. The van der Waals surface area contributed by atoms with Gasteiger partial charge in [-0.25, -0.2) is 4.99 Å². The number of amides is 1. The summed E-state index contributed by atoms with van der Waals surface area (Å²) in [5, 5.41) is 2.60. The predicted molar refractivity (Wildman–Crippen MR) is 69.5 cm³/mol. The molecule has 0 aliphatic heterocycles. The molecule has 0 spiro atoms. The maximum Gasteiger partial charge on any atom is 0.294 e. The van der Waals surface area contributed by atoms with E-state index in [-0.39, 0.29) is 23.7 Å².